The van der Waals surface area contributed by atoms with Crippen molar-refractivity contribution >= 4 is 5.69 Å². The summed E-state index contributed by atoms with van der Waals surface area (Å²) < 4.78 is 13.3. The first-order chi connectivity index (χ1) is 8.06. The van der Waals surface area contributed by atoms with Crippen LogP contribution in [0.15, 0.2) is 36.4 Å². The fourth-order valence-electron chi connectivity index (χ4n) is 1.87. The van der Waals surface area contributed by atoms with Crippen molar-refractivity contribution < 1.29 is 4.39 Å². The minimum absolute atomic E-state index is 0.268. The van der Waals surface area contributed by atoms with Gasteiger partial charge in [0, 0.05) is 5.69 Å². The quantitative estimate of drug-likeness (QED) is 0.782. The lowest BCUT2D eigenvalue weighted by Crippen LogP contribution is -1.98. The van der Waals surface area contributed by atoms with Gasteiger partial charge in [0.15, 0.2) is 0 Å². The summed E-state index contributed by atoms with van der Waals surface area (Å²) >= 11 is 0. The van der Waals surface area contributed by atoms with E-state index >= 15 is 0 Å². The molecule has 2 heteroatoms. The highest BCUT2D eigenvalue weighted by Crippen LogP contribution is 2.21. The van der Waals surface area contributed by atoms with Gasteiger partial charge in [0.25, 0.3) is 0 Å². The highest BCUT2D eigenvalue weighted by molar-refractivity contribution is 5.51. The topological polar surface area (TPSA) is 26.0 Å². The van der Waals surface area contributed by atoms with Gasteiger partial charge in [-0.05, 0) is 49.1 Å². The van der Waals surface area contributed by atoms with E-state index in [-0.39, 0.29) is 5.82 Å². The number of rotatable bonds is 2. The summed E-state index contributed by atoms with van der Waals surface area (Å²) in [6.45, 7) is 3.98. The van der Waals surface area contributed by atoms with Crippen molar-refractivity contribution in [3.63, 3.8) is 0 Å². The van der Waals surface area contributed by atoms with E-state index in [4.69, 9.17) is 5.73 Å². The van der Waals surface area contributed by atoms with Crippen molar-refractivity contribution in [2.75, 3.05) is 5.73 Å². The minimum Gasteiger partial charge on any atom is -0.398 e. The molecule has 0 spiro atoms. The van der Waals surface area contributed by atoms with Crippen LogP contribution in [0, 0.1) is 19.7 Å². The third-order valence-corrected chi connectivity index (χ3v) is 3.04. The molecule has 2 aromatic carbocycles. The van der Waals surface area contributed by atoms with E-state index in [0.717, 1.165) is 11.1 Å². The lowest BCUT2D eigenvalue weighted by Gasteiger charge is -2.09. The SMILES string of the molecule is Cc1ccc(Cc2cc(F)cc(N)c2C)cc1. The number of nitrogen functional groups attached to an aromatic ring is 1. The zero-order valence-electron chi connectivity index (χ0n) is 10.1. The average Bonchev–Trinajstić information content (AvgIpc) is 2.28. The van der Waals surface area contributed by atoms with Gasteiger partial charge >= 0.3 is 0 Å². The van der Waals surface area contributed by atoms with Gasteiger partial charge in [0.05, 0.1) is 0 Å². The summed E-state index contributed by atoms with van der Waals surface area (Å²) in [5.74, 6) is -0.268. The molecule has 0 bridgehead atoms. The third-order valence-electron chi connectivity index (χ3n) is 3.04. The molecule has 0 aromatic heterocycles. The van der Waals surface area contributed by atoms with Crippen LogP contribution < -0.4 is 5.73 Å². The van der Waals surface area contributed by atoms with Gasteiger partial charge < -0.3 is 5.73 Å². The number of halogens is 1. The normalized spacial score (nSPS) is 10.5. The Morgan fingerprint density at radius 3 is 2.35 bits per heavy atom. The molecule has 0 aliphatic carbocycles. The first-order valence-electron chi connectivity index (χ1n) is 5.66. The smallest absolute Gasteiger partial charge is 0.125 e. The van der Waals surface area contributed by atoms with Crippen molar-refractivity contribution in [1.29, 1.82) is 0 Å². The minimum atomic E-state index is -0.268. The van der Waals surface area contributed by atoms with E-state index in [2.05, 4.69) is 31.2 Å². The summed E-state index contributed by atoms with van der Waals surface area (Å²) in [5, 5.41) is 0. The van der Waals surface area contributed by atoms with E-state index in [1.807, 2.05) is 6.92 Å². The number of benzene rings is 2. The fourth-order valence-corrected chi connectivity index (χ4v) is 1.87. The van der Waals surface area contributed by atoms with Crippen LogP contribution in [0.1, 0.15) is 22.3 Å². The van der Waals surface area contributed by atoms with Gasteiger partial charge in [-0.2, -0.15) is 0 Å². The summed E-state index contributed by atoms with van der Waals surface area (Å²) in [7, 11) is 0. The van der Waals surface area contributed by atoms with Gasteiger partial charge in [0.2, 0.25) is 0 Å². The molecule has 17 heavy (non-hydrogen) atoms. The first-order valence-corrected chi connectivity index (χ1v) is 5.66. The number of hydrogen-bond donors (Lipinski definition) is 1. The van der Waals surface area contributed by atoms with Crippen molar-refractivity contribution in [3.8, 4) is 0 Å². The Bertz CT molecular complexity index is 529. The molecule has 0 unspecified atom stereocenters. The monoisotopic (exact) mass is 229 g/mol. The van der Waals surface area contributed by atoms with Crippen molar-refractivity contribution in [2.45, 2.75) is 20.3 Å². The van der Waals surface area contributed by atoms with Crippen LogP contribution in [0.2, 0.25) is 0 Å². The summed E-state index contributed by atoms with van der Waals surface area (Å²) in [6.07, 6.45) is 0.716. The number of aryl methyl sites for hydroxylation is 1. The zero-order chi connectivity index (χ0) is 12.4. The van der Waals surface area contributed by atoms with Gasteiger partial charge in [-0.1, -0.05) is 29.8 Å². The van der Waals surface area contributed by atoms with Gasteiger partial charge in [-0.25, -0.2) is 4.39 Å². The molecular weight excluding hydrogens is 213 g/mol. The summed E-state index contributed by atoms with van der Waals surface area (Å²) in [5.41, 5.74) is 10.6. The first kappa shape index (κ1) is 11.6. The highest BCUT2D eigenvalue weighted by atomic mass is 19.1. The Hall–Kier alpha value is -1.83. The van der Waals surface area contributed by atoms with Crippen LogP contribution in [-0.4, -0.2) is 0 Å². The molecule has 0 aliphatic rings. The molecule has 0 amide bonds. The Labute approximate surface area is 101 Å². The maximum absolute atomic E-state index is 13.3. The standard InChI is InChI=1S/C15H16FN/c1-10-3-5-12(6-4-10)7-13-8-14(16)9-15(17)11(13)2/h3-6,8-9H,7,17H2,1-2H3. The molecular formula is C15H16FN. The number of anilines is 1. The van der Waals surface area contributed by atoms with Crippen LogP contribution in [-0.2, 0) is 6.42 Å². The van der Waals surface area contributed by atoms with Crippen molar-refractivity contribution in [1.82, 2.24) is 0 Å². The largest absolute Gasteiger partial charge is 0.398 e. The molecule has 0 saturated carbocycles. The van der Waals surface area contributed by atoms with E-state index in [9.17, 15) is 4.39 Å². The highest BCUT2D eigenvalue weighted by Gasteiger charge is 2.06. The Morgan fingerprint density at radius 2 is 1.71 bits per heavy atom. The fraction of sp³-hybridized carbons (Fsp3) is 0.200. The Kier molecular flexibility index (Phi) is 3.14. The second-order valence-electron chi connectivity index (χ2n) is 4.44. The maximum Gasteiger partial charge on any atom is 0.125 e. The molecule has 0 fully saturated rings. The maximum atomic E-state index is 13.3. The number of hydrogen-bond acceptors (Lipinski definition) is 1. The van der Waals surface area contributed by atoms with E-state index in [0.29, 0.717) is 12.1 Å². The van der Waals surface area contributed by atoms with Crippen LogP contribution in [0.4, 0.5) is 10.1 Å². The zero-order valence-corrected chi connectivity index (χ0v) is 10.1. The predicted molar refractivity (Wildman–Crippen MR) is 69.5 cm³/mol. The molecule has 0 radical (unpaired) electrons. The molecule has 0 atom stereocenters. The molecule has 0 saturated heterocycles. The lowest BCUT2D eigenvalue weighted by molar-refractivity contribution is 0.626. The second-order valence-corrected chi connectivity index (χ2v) is 4.44. The number of nitrogens with two attached hydrogens (primary N) is 1. The van der Waals surface area contributed by atoms with E-state index in [1.54, 1.807) is 6.07 Å². The molecule has 88 valence electrons. The summed E-state index contributed by atoms with van der Waals surface area (Å²) in [6, 6.07) is 11.2. The van der Waals surface area contributed by atoms with Gasteiger partial charge in [-0.3, -0.25) is 0 Å². The van der Waals surface area contributed by atoms with E-state index in [1.165, 1.54) is 17.2 Å². The van der Waals surface area contributed by atoms with Gasteiger partial charge in [0.1, 0.15) is 5.82 Å². The van der Waals surface area contributed by atoms with E-state index < -0.39 is 0 Å². The third kappa shape index (κ3) is 2.64. The molecule has 0 aliphatic heterocycles. The van der Waals surface area contributed by atoms with Crippen LogP contribution in [0.3, 0.4) is 0 Å². The molecule has 2 N–H and O–H groups in total. The molecule has 2 aromatic rings. The second kappa shape index (κ2) is 4.58. The lowest BCUT2D eigenvalue weighted by atomic mass is 9.98. The molecule has 2 rings (SSSR count). The van der Waals surface area contributed by atoms with Crippen LogP contribution >= 0.6 is 0 Å². The van der Waals surface area contributed by atoms with Crippen LogP contribution in [0.5, 0.6) is 0 Å². The van der Waals surface area contributed by atoms with Crippen LogP contribution in [0.25, 0.3) is 0 Å². The van der Waals surface area contributed by atoms with Crippen molar-refractivity contribution in [3.05, 3.63) is 64.5 Å². The predicted octanol–water partition coefficient (Wildman–Crippen LogP) is 3.62. The Balaban J connectivity index is 2.32. The summed E-state index contributed by atoms with van der Waals surface area (Å²) in [4.78, 5) is 0. The van der Waals surface area contributed by atoms with Crippen molar-refractivity contribution in [2.24, 2.45) is 0 Å². The molecule has 0 heterocycles. The Morgan fingerprint density at radius 1 is 1.06 bits per heavy atom. The molecule has 1 nitrogen and oxygen atoms in total. The van der Waals surface area contributed by atoms with Gasteiger partial charge in [-0.15, -0.1) is 0 Å². The average molecular weight is 229 g/mol.